The van der Waals surface area contributed by atoms with Gasteiger partial charge in [0, 0.05) is 42.3 Å². The molecule has 1 fully saturated rings. The maximum Gasteiger partial charge on any atom is 0.162 e. The van der Waals surface area contributed by atoms with Crippen molar-refractivity contribution < 1.29 is 9.84 Å². The molecule has 5 heteroatoms. The van der Waals surface area contributed by atoms with Gasteiger partial charge in [0.2, 0.25) is 0 Å². The van der Waals surface area contributed by atoms with Crippen molar-refractivity contribution in [2.24, 2.45) is 5.73 Å². The Labute approximate surface area is 106 Å². The predicted octanol–water partition coefficient (Wildman–Crippen LogP) is 1.59. The average molecular weight is 257 g/mol. The first-order valence-electron chi connectivity index (χ1n) is 5.63. The fourth-order valence-corrected chi connectivity index (χ4v) is 2.38. The number of hydrogen-bond donors (Lipinski definition) is 2. The number of ether oxygens (including phenoxy) is 1. The van der Waals surface area contributed by atoms with Crippen LogP contribution in [0.4, 0.5) is 0 Å². The third-order valence-corrected chi connectivity index (χ3v) is 3.26. The molecule has 0 radical (unpaired) electrons. The molecule has 17 heavy (non-hydrogen) atoms. The molecule has 1 unspecified atom stereocenters. The molecule has 1 aliphatic rings. The van der Waals surface area contributed by atoms with Crippen LogP contribution in [0.25, 0.3) is 0 Å². The van der Waals surface area contributed by atoms with Gasteiger partial charge in [-0.3, -0.25) is 4.90 Å². The zero-order valence-electron chi connectivity index (χ0n) is 9.82. The van der Waals surface area contributed by atoms with E-state index in [9.17, 15) is 5.11 Å². The lowest BCUT2D eigenvalue weighted by atomic mass is 10.1. The summed E-state index contributed by atoms with van der Waals surface area (Å²) in [5.41, 5.74) is 6.63. The Morgan fingerprint density at radius 2 is 2.35 bits per heavy atom. The largest absolute Gasteiger partial charge is 0.504 e. The molecule has 0 amide bonds. The molecule has 1 aromatic carbocycles. The van der Waals surface area contributed by atoms with Crippen LogP contribution in [-0.4, -0.2) is 36.2 Å². The predicted molar refractivity (Wildman–Crippen MR) is 67.5 cm³/mol. The van der Waals surface area contributed by atoms with Crippen molar-refractivity contribution in [3.05, 3.63) is 22.7 Å². The van der Waals surface area contributed by atoms with E-state index in [-0.39, 0.29) is 11.8 Å². The molecule has 0 spiro atoms. The third-order valence-electron chi connectivity index (χ3n) is 3.04. The van der Waals surface area contributed by atoms with Gasteiger partial charge in [-0.05, 0) is 12.5 Å². The Hall–Kier alpha value is -0.970. The van der Waals surface area contributed by atoms with E-state index in [0.29, 0.717) is 17.3 Å². The summed E-state index contributed by atoms with van der Waals surface area (Å²) in [6, 6.07) is 3.61. The number of likely N-dealkylation sites (tertiary alicyclic amines) is 1. The third kappa shape index (κ3) is 2.83. The highest BCUT2D eigenvalue weighted by Gasteiger charge is 2.21. The summed E-state index contributed by atoms with van der Waals surface area (Å²) in [7, 11) is 1.51. The number of benzene rings is 1. The first-order valence-corrected chi connectivity index (χ1v) is 6.01. The molecule has 1 aliphatic heterocycles. The van der Waals surface area contributed by atoms with E-state index in [2.05, 4.69) is 4.90 Å². The zero-order valence-corrected chi connectivity index (χ0v) is 10.6. The van der Waals surface area contributed by atoms with Gasteiger partial charge in [0.15, 0.2) is 11.5 Å². The van der Waals surface area contributed by atoms with Crippen LogP contribution >= 0.6 is 11.6 Å². The Morgan fingerprint density at radius 3 is 2.94 bits per heavy atom. The number of rotatable bonds is 3. The van der Waals surface area contributed by atoms with Crippen LogP contribution in [0, 0.1) is 0 Å². The second-order valence-corrected chi connectivity index (χ2v) is 4.84. The van der Waals surface area contributed by atoms with Crippen molar-refractivity contribution in [3.63, 3.8) is 0 Å². The second-order valence-electron chi connectivity index (χ2n) is 4.40. The maximum atomic E-state index is 10.00. The number of phenolic OH excluding ortho intramolecular Hbond substituents is 1. The van der Waals surface area contributed by atoms with Crippen LogP contribution in [-0.2, 0) is 6.54 Å². The van der Waals surface area contributed by atoms with Gasteiger partial charge in [-0.25, -0.2) is 0 Å². The number of methoxy groups -OCH3 is 1. The number of halogens is 1. The van der Waals surface area contributed by atoms with Gasteiger partial charge >= 0.3 is 0 Å². The van der Waals surface area contributed by atoms with Gasteiger partial charge in [0.25, 0.3) is 0 Å². The van der Waals surface area contributed by atoms with Crippen LogP contribution in [0.5, 0.6) is 11.5 Å². The molecule has 0 saturated carbocycles. The number of phenols is 1. The minimum Gasteiger partial charge on any atom is -0.504 e. The van der Waals surface area contributed by atoms with E-state index in [1.807, 2.05) is 0 Å². The molecule has 3 N–H and O–H groups in total. The van der Waals surface area contributed by atoms with Crippen LogP contribution in [0.1, 0.15) is 12.0 Å². The first kappa shape index (κ1) is 12.5. The van der Waals surface area contributed by atoms with E-state index >= 15 is 0 Å². The van der Waals surface area contributed by atoms with Gasteiger partial charge in [0.05, 0.1) is 7.11 Å². The van der Waals surface area contributed by atoms with E-state index in [4.69, 9.17) is 22.1 Å². The fourth-order valence-electron chi connectivity index (χ4n) is 2.15. The summed E-state index contributed by atoms with van der Waals surface area (Å²) in [6.07, 6.45) is 0.998. The monoisotopic (exact) mass is 256 g/mol. The second kappa shape index (κ2) is 5.12. The van der Waals surface area contributed by atoms with Crippen molar-refractivity contribution in [1.82, 2.24) is 4.90 Å². The topological polar surface area (TPSA) is 58.7 Å². The smallest absolute Gasteiger partial charge is 0.162 e. The maximum absolute atomic E-state index is 10.00. The molecule has 1 heterocycles. The van der Waals surface area contributed by atoms with Crippen LogP contribution in [0.2, 0.25) is 5.02 Å². The van der Waals surface area contributed by atoms with Gasteiger partial charge in [-0.15, -0.1) is 0 Å². The molecule has 94 valence electrons. The molecule has 2 rings (SSSR count). The quantitative estimate of drug-likeness (QED) is 0.862. The summed E-state index contributed by atoms with van der Waals surface area (Å²) >= 11 is 5.98. The van der Waals surface area contributed by atoms with Gasteiger partial charge in [-0.2, -0.15) is 0 Å². The molecule has 0 aromatic heterocycles. The first-order chi connectivity index (χ1) is 8.10. The molecular weight excluding hydrogens is 240 g/mol. The molecule has 1 saturated heterocycles. The van der Waals surface area contributed by atoms with Crippen molar-refractivity contribution in [1.29, 1.82) is 0 Å². The van der Waals surface area contributed by atoms with Crippen molar-refractivity contribution in [2.75, 3.05) is 20.2 Å². The van der Waals surface area contributed by atoms with Gasteiger partial charge in [-0.1, -0.05) is 11.6 Å². The minimum atomic E-state index is 0.164. The lowest BCUT2D eigenvalue weighted by Crippen LogP contribution is -2.26. The summed E-state index contributed by atoms with van der Waals surface area (Å²) in [4.78, 5) is 2.20. The highest BCUT2D eigenvalue weighted by atomic mass is 35.5. The standard InChI is InChI=1S/C12H17ClN2O2/c1-17-11-5-9(13)4-8(12(11)16)6-15-3-2-10(14)7-15/h4-5,10,16H,2-3,6-7,14H2,1H3. The summed E-state index contributed by atoms with van der Waals surface area (Å²) in [5, 5.41) is 10.6. The lowest BCUT2D eigenvalue weighted by Gasteiger charge is -2.17. The normalized spacial score (nSPS) is 20.8. The molecule has 0 aliphatic carbocycles. The Morgan fingerprint density at radius 1 is 1.59 bits per heavy atom. The number of nitrogens with zero attached hydrogens (tertiary/aromatic N) is 1. The summed E-state index contributed by atoms with van der Waals surface area (Å²) in [6.45, 7) is 2.46. The molecule has 1 aromatic rings. The lowest BCUT2D eigenvalue weighted by molar-refractivity contribution is 0.314. The number of nitrogens with two attached hydrogens (primary N) is 1. The molecule has 1 atom stereocenters. The van der Waals surface area contributed by atoms with Crippen molar-refractivity contribution in [3.8, 4) is 11.5 Å². The van der Waals surface area contributed by atoms with Crippen molar-refractivity contribution >= 4 is 11.6 Å². The molecule has 4 nitrogen and oxygen atoms in total. The SMILES string of the molecule is COc1cc(Cl)cc(CN2CCC(N)C2)c1O. The molecule has 0 bridgehead atoms. The highest BCUT2D eigenvalue weighted by molar-refractivity contribution is 6.30. The van der Waals surface area contributed by atoms with Crippen LogP contribution < -0.4 is 10.5 Å². The van der Waals surface area contributed by atoms with Crippen LogP contribution in [0.15, 0.2) is 12.1 Å². The van der Waals surface area contributed by atoms with E-state index < -0.39 is 0 Å². The highest BCUT2D eigenvalue weighted by Crippen LogP contribution is 2.34. The van der Waals surface area contributed by atoms with Crippen LogP contribution in [0.3, 0.4) is 0 Å². The Bertz CT molecular complexity index is 412. The minimum absolute atomic E-state index is 0.164. The van der Waals surface area contributed by atoms with E-state index in [1.54, 1.807) is 12.1 Å². The average Bonchev–Trinajstić information content (AvgIpc) is 2.69. The van der Waals surface area contributed by atoms with E-state index in [1.165, 1.54) is 7.11 Å². The number of aromatic hydroxyl groups is 1. The Kier molecular flexibility index (Phi) is 3.76. The fraction of sp³-hybridized carbons (Fsp3) is 0.500. The summed E-state index contributed by atoms with van der Waals surface area (Å²) < 4.78 is 5.07. The van der Waals surface area contributed by atoms with Crippen molar-refractivity contribution in [2.45, 2.75) is 19.0 Å². The molecular formula is C12H17ClN2O2. The van der Waals surface area contributed by atoms with Gasteiger partial charge < -0.3 is 15.6 Å². The zero-order chi connectivity index (χ0) is 12.4. The van der Waals surface area contributed by atoms with Gasteiger partial charge in [0.1, 0.15) is 0 Å². The number of hydrogen-bond acceptors (Lipinski definition) is 4. The Balaban J connectivity index is 2.17. The summed E-state index contributed by atoms with van der Waals surface area (Å²) in [5.74, 6) is 0.577. The van der Waals surface area contributed by atoms with E-state index in [0.717, 1.165) is 25.1 Å².